The highest BCUT2D eigenvalue weighted by molar-refractivity contribution is 6.31. The quantitative estimate of drug-likeness (QED) is 0.631. The van der Waals surface area contributed by atoms with Crippen LogP contribution in [0, 0.1) is 22.5 Å². The second-order valence-electron chi connectivity index (χ2n) is 5.61. The molecule has 1 aromatic carbocycles. The molecular weight excluding hydrogens is 268 g/mol. The molecule has 0 amide bonds. The van der Waals surface area contributed by atoms with Gasteiger partial charge in [-0.05, 0) is 18.1 Å². The summed E-state index contributed by atoms with van der Waals surface area (Å²) in [7, 11) is 0. The van der Waals surface area contributed by atoms with Crippen LogP contribution in [0.25, 0.3) is 0 Å². The smallest absolute Gasteiger partial charge is 0.271 e. The Morgan fingerprint density at radius 3 is 2.68 bits per heavy atom. The van der Waals surface area contributed by atoms with Gasteiger partial charge in [0.25, 0.3) is 5.69 Å². The Bertz CT molecular complexity index is 535. The Balaban J connectivity index is 1.75. The SMILES string of the molecule is Cc1c(Cl)cc([N+](=O)[O-])cc1CN1CC2(COC2)C1. The molecule has 2 saturated heterocycles. The van der Waals surface area contributed by atoms with Crippen LogP contribution >= 0.6 is 11.6 Å². The lowest BCUT2D eigenvalue weighted by atomic mass is 9.78. The molecule has 1 aromatic rings. The van der Waals surface area contributed by atoms with Gasteiger partial charge in [-0.3, -0.25) is 15.0 Å². The maximum absolute atomic E-state index is 10.9. The first-order valence-electron chi connectivity index (χ1n) is 6.23. The lowest BCUT2D eigenvalue weighted by Crippen LogP contribution is -2.65. The molecular formula is C13H15ClN2O3. The van der Waals surface area contributed by atoms with Crippen LogP contribution in [0.4, 0.5) is 5.69 Å². The molecule has 0 saturated carbocycles. The maximum atomic E-state index is 10.9. The summed E-state index contributed by atoms with van der Waals surface area (Å²) in [4.78, 5) is 12.7. The number of halogens is 1. The zero-order chi connectivity index (χ0) is 13.6. The summed E-state index contributed by atoms with van der Waals surface area (Å²) in [5.74, 6) is 0. The molecule has 0 aliphatic carbocycles. The van der Waals surface area contributed by atoms with Crippen LogP contribution in [0.5, 0.6) is 0 Å². The molecule has 0 atom stereocenters. The van der Waals surface area contributed by atoms with Crippen LogP contribution in [0.3, 0.4) is 0 Å². The van der Waals surface area contributed by atoms with E-state index in [2.05, 4.69) is 4.90 Å². The molecule has 0 radical (unpaired) electrons. The third kappa shape index (κ3) is 2.22. The van der Waals surface area contributed by atoms with Gasteiger partial charge in [0.2, 0.25) is 0 Å². The molecule has 2 fully saturated rings. The minimum absolute atomic E-state index is 0.0628. The third-order valence-corrected chi connectivity index (χ3v) is 4.37. The Kier molecular flexibility index (Phi) is 3.00. The van der Waals surface area contributed by atoms with Crippen molar-refractivity contribution in [1.82, 2.24) is 4.90 Å². The van der Waals surface area contributed by atoms with E-state index in [0.29, 0.717) is 10.4 Å². The molecule has 5 nitrogen and oxygen atoms in total. The summed E-state index contributed by atoms with van der Waals surface area (Å²) in [6, 6.07) is 3.04. The molecule has 2 aliphatic heterocycles. The van der Waals surface area contributed by atoms with Crippen LogP contribution in [0.1, 0.15) is 11.1 Å². The molecule has 3 rings (SSSR count). The number of non-ortho nitro benzene ring substituents is 1. The van der Waals surface area contributed by atoms with E-state index in [1.807, 2.05) is 6.92 Å². The molecule has 0 unspecified atom stereocenters. The number of likely N-dealkylation sites (tertiary alicyclic amines) is 1. The van der Waals surface area contributed by atoms with Crippen LogP contribution < -0.4 is 0 Å². The van der Waals surface area contributed by atoms with Crippen molar-refractivity contribution in [1.29, 1.82) is 0 Å². The van der Waals surface area contributed by atoms with Gasteiger partial charge in [0.1, 0.15) is 0 Å². The van der Waals surface area contributed by atoms with Crippen LogP contribution in [0.15, 0.2) is 12.1 Å². The number of ether oxygens (including phenoxy) is 1. The number of hydrogen-bond acceptors (Lipinski definition) is 4. The number of hydrogen-bond donors (Lipinski definition) is 0. The van der Waals surface area contributed by atoms with Gasteiger partial charge in [-0.1, -0.05) is 11.6 Å². The van der Waals surface area contributed by atoms with Gasteiger partial charge < -0.3 is 4.74 Å². The standard InChI is InChI=1S/C13H15ClN2O3/c1-9-10(2-11(16(17)18)3-12(9)14)4-15-5-13(6-15)7-19-8-13/h2-3H,4-8H2,1H3. The maximum Gasteiger partial charge on any atom is 0.271 e. The molecule has 0 N–H and O–H groups in total. The van der Waals surface area contributed by atoms with Gasteiger partial charge in [-0.15, -0.1) is 0 Å². The Hall–Kier alpha value is -1.17. The largest absolute Gasteiger partial charge is 0.380 e. The summed E-state index contributed by atoms with van der Waals surface area (Å²) in [5.41, 5.74) is 2.29. The fourth-order valence-electron chi connectivity index (χ4n) is 2.82. The summed E-state index contributed by atoms with van der Waals surface area (Å²) >= 11 is 6.06. The molecule has 2 aliphatic rings. The fraction of sp³-hybridized carbons (Fsp3) is 0.538. The molecule has 19 heavy (non-hydrogen) atoms. The molecule has 6 heteroatoms. The Morgan fingerprint density at radius 1 is 1.47 bits per heavy atom. The van der Waals surface area contributed by atoms with E-state index in [-0.39, 0.29) is 5.69 Å². The van der Waals surface area contributed by atoms with Gasteiger partial charge in [0.15, 0.2) is 0 Å². The highest BCUT2D eigenvalue weighted by atomic mass is 35.5. The number of nitro benzene ring substituents is 1. The lowest BCUT2D eigenvalue weighted by Gasteiger charge is -2.55. The van der Waals surface area contributed by atoms with E-state index in [0.717, 1.165) is 44.0 Å². The van der Waals surface area contributed by atoms with Crippen molar-refractivity contribution >= 4 is 17.3 Å². The average Bonchev–Trinajstić information content (AvgIpc) is 2.25. The highest BCUT2D eigenvalue weighted by Crippen LogP contribution is 2.39. The third-order valence-electron chi connectivity index (χ3n) is 3.98. The Labute approximate surface area is 116 Å². The van der Waals surface area contributed by atoms with E-state index in [4.69, 9.17) is 16.3 Å². The van der Waals surface area contributed by atoms with Crippen molar-refractivity contribution in [3.8, 4) is 0 Å². The van der Waals surface area contributed by atoms with Gasteiger partial charge in [0, 0.05) is 37.2 Å². The topological polar surface area (TPSA) is 55.6 Å². The van der Waals surface area contributed by atoms with Crippen LogP contribution in [0.2, 0.25) is 5.02 Å². The van der Waals surface area contributed by atoms with Crippen LogP contribution in [-0.2, 0) is 11.3 Å². The minimum atomic E-state index is -0.397. The van der Waals surface area contributed by atoms with Gasteiger partial charge in [-0.25, -0.2) is 0 Å². The fourth-order valence-corrected chi connectivity index (χ4v) is 3.05. The molecule has 0 bridgehead atoms. The number of nitro groups is 1. The van der Waals surface area contributed by atoms with E-state index in [1.165, 1.54) is 6.07 Å². The van der Waals surface area contributed by atoms with E-state index >= 15 is 0 Å². The highest BCUT2D eigenvalue weighted by Gasteiger charge is 2.48. The summed E-state index contributed by atoms with van der Waals surface area (Å²) in [6.45, 7) is 6.33. The van der Waals surface area contributed by atoms with Crippen molar-refractivity contribution in [3.05, 3.63) is 38.4 Å². The van der Waals surface area contributed by atoms with E-state index in [9.17, 15) is 10.1 Å². The summed E-state index contributed by atoms with van der Waals surface area (Å²) < 4.78 is 5.23. The molecule has 0 aromatic heterocycles. The van der Waals surface area contributed by atoms with Crippen molar-refractivity contribution in [2.75, 3.05) is 26.3 Å². The Morgan fingerprint density at radius 2 is 2.16 bits per heavy atom. The minimum Gasteiger partial charge on any atom is -0.380 e. The summed E-state index contributed by atoms with van der Waals surface area (Å²) in [5, 5.41) is 11.3. The number of benzene rings is 1. The lowest BCUT2D eigenvalue weighted by molar-refractivity contribution is -0.384. The molecule has 2 heterocycles. The second-order valence-corrected chi connectivity index (χ2v) is 6.01. The average molecular weight is 283 g/mol. The molecule has 102 valence electrons. The normalized spacial score (nSPS) is 20.9. The van der Waals surface area contributed by atoms with Crippen molar-refractivity contribution in [2.45, 2.75) is 13.5 Å². The van der Waals surface area contributed by atoms with Gasteiger partial charge >= 0.3 is 0 Å². The zero-order valence-electron chi connectivity index (χ0n) is 10.7. The first-order valence-corrected chi connectivity index (χ1v) is 6.60. The van der Waals surface area contributed by atoms with Crippen molar-refractivity contribution < 1.29 is 9.66 Å². The van der Waals surface area contributed by atoms with Gasteiger partial charge in [-0.2, -0.15) is 0 Å². The predicted octanol–water partition coefficient (Wildman–Crippen LogP) is 2.39. The van der Waals surface area contributed by atoms with Crippen molar-refractivity contribution in [2.24, 2.45) is 5.41 Å². The predicted molar refractivity (Wildman–Crippen MR) is 71.4 cm³/mol. The van der Waals surface area contributed by atoms with E-state index in [1.54, 1.807) is 6.07 Å². The van der Waals surface area contributed by atoms with Gasteiger partial charge in [0.05, 0.1) is 23.2 Å². The number of nitrogens with zero attached hydrogens (tertiary/aromatic N) is 2. The zero-order valence-corrected chi connectivity index (χ0v) is 11.4. The number of rotatable bonds is 3. The molecule has 1 spiro atoms. The summed E-state index contributed by atoms with van der Waals surface area (Å²) in [6.07, 6.45) is 0. The monoisotopic (exact) mass is 282 g/mol. The first kappa shape index (κ1) is 12.8. The van der Waals surface area contributed by atoms with E-state index < -0.39 is 4.92 Å². The van der Waals surface area contributed by atoms with Crippen molar-refractivity contribution in [3.63, 3.8) is 0 Å². The first-order chi connectivity index (χ1) is 8.99. The van der Waals surface area contributed by atoms with Crippen LogP contribution in [-0.4, -0.2) is 36.1 Å². The second kappa shape index (κ2) is 4.44.